The van der Waals surface area contributed by atoms with Crippen molar-refractivity contribution in [3.05, 3.63) is 137 Å². The Hall–Kier alpha value is -7.67. The van der Waals surface area contributed by atoms with Crippen molar-refractivity contribution in [1.29, 1.82) is 10.5 Å². The molecule has 0 saturated heterocycles. The van der Waals surface area contributed by atoms with Gasteiger partial charge in [0.05, 0.1) is 45.6 Å². The Kier molecular flexibility index (Phi) is 12.9. The fourth-order valence-electron chi connectivity index (χ4n) is 4.66. The maximum atomic E-state index is 8.93. The van der Waals surface area contributed by atoms with Crippen molar-refractivity contribution in [2.75, 3.05) is 0 Å². The molecular weight excluding hydrogens is 697 g/mol. The molecule has 0 radical (unpaired) electrons. The number of aromatic nitrogens is 14. The second-order valence-corrected chi connectivity index (χ2v) is 10.2. The molecule has 0 atom stereocenters. The molecule has 8 rings (SSSR count). The third-order valence-electron chi connectivity index (χ3n) is 6.92. The van der Waals surface area contributed by atoms with Gasteiger partial charge in [0.15, 0.2) is 0 Å². The monoisotopic (exact) mass is 717 g/mol. The minimum absolute atomic E-state index is 0. The molecule has 20 heteroatoms. The Labute approximate surface area is 327 Å². The van der Waals surface area contributed by atoms with E-state index in [-0.39, 0.29) is 29.6 Å². The van der Waals surface area contributed by atoms with Crippen molar-refractivity contribution >= 4 is 0 Å². The van der Waals surface area contributed by atoms with Crippen molar-refractivity contribution < 1.29 is 29.6 Å². The maximum Gasteiger partial charge on any atom is 1.00 e. The van der Waals surface area contributed by atoms with E-state index < -0.39 is 0 Å². The zero-order valence-corrected chi connectivity index (χ0v) is 30.0. The van der Waals surface area contributed by atoms with Crippen molar-refractivity contribution in [2.45, 2.75) is 0 Å². The zero-order valence-electron chi connectivity index (χ0n) is 28.0. The number of pyridine rings is 6. The van der Waals surface area contributed by atoms with Gasteiger partial charge in [-0.1, -0.05) is 36.4 Å². The molecule has 0 aliphatic heterocycles. The van der Waals surface area contributed by atoms with Crippen LogP contribution in [-0.4, -0.2) is 71.2 Å². The number of nitrogens with zero attached hydrogens (tertiary/aromatic N) is 17. The van der Waals surface area contributed by atoms with Gasteiger partial charge in [0.2, 0.25) is 11.6 Å². The summed E-state index contributed by atoms with van der Waals surface area (Å²) in [5, 5.41) is 45.7. The fraction of sp³-hybridized carbons (Fsp3) is 0. The van der Waals surface area contributed by atoms with Crippen LogP contribution < -0.4 is 29.6 Å². The van der Waals surface area contributed by atoms with Crippen LogP contribution in [0.5, 0.6) is 0 Å². The quantitative estimate of drug-likeness (QED) is 0.108. The molecule has 0 aliphatic carbocycles. The molecule has 0 bridgehead atoms. The van der Waals surface area contributed by atoms with Gasteiger partial charge in [-0.15, -0.1) is 20.4 Å². The summed E-state index contributed by atoms with van der Waals surface area (Å²) in [6, 6.07) is 36.7. The molecule has 19 nitrogen and oxygen atoms in total. The Balaban J connectivity index is 0.000000195. The van der Waals surface area contributed by atoms with Gasteiger partial charge < -0.3 is 11.1 Å². The summed E-state index contributed by atoms with van der Waals surface area (Å²) in [5.74, 6) is 0.847. The smallest absolute Gasteiger partial charge is 0.373 e. The van der Waals surface area contributed by atoms with E-state index in [1.54, 1.807) is 36.4 Å². The fourth-order valence-corrected chi connectivity index (χ4v) is 4.66. The first-order chi connectivity index (χ1) is 26.1. The molecule has 54 heavy (non-hydrogen) atoms. The first-order valence-electron chi connectivity index (χ1n) is 15.2. The molecule has 0 saturated carbocycles. The van der Waals surface area contributed by atoms with E-state index in [0.717, 1.165) is 0 Å². The summed E-state index contributed by atoms with van der Waals surface area (Å²) in [6.07, 6.45) is 0. The van der Waals surface area contributed by atoms with Crippen LogP contribution >= 0.6 is 0 Å². The maximum absolute atomic E-state index is 8.93. The van der Waals surface area contributed by atoms with Crippen molar-refractivity contribution in [3.8, 4) is 80.7 Å². The average molecular weight is 718 g/mol. The zero-order chi connectivity index (χ0) is 36.8. The number of H-pyrrole nitrogens is 2. The van der Waals surface area contributed by atoms with Gasteiger partial charge >= 0.3 is 29.6 Å². The van der Waals surface area contributed by atoms with Crippen molar-refractivity contribution in [1.82, 2.24) is 71.2 Å². The Bertz CT molecular complexity index is 2420. The standard InChI is InChI=1S/C17H11N11.C17H9N5.N3.Na/c1-4-10(12-6-2-8-14(19-12)16-21-25-26-22-16)18-11(5-1)13-7-3-9-15(20-13)17-23-27-28-24-17;18-10-12-4-1-6-14(20-12)16-8-3-9-17(22-16)15-7-2-5-13(11-19)21-15;1-3-2;/h1-9H,(H,21,22,25,26)(H,23,24,27,28);1-9H;;/q;;-1;+1. The number of nitrogens with one attached hydrogen (secondary N) is 2. The van der Waals surface area contributed by atoms with Crippen LogP contribution in [0, 0.1) is 22.7 Å². The van der Waals surface area contributed by atoms with E-state index in [4.69, 9.17) is 26.6 Å². The normalized spacial score (nSPS) is 9.74. The number of tetrazole rings is 2. The average Bonchev–Trinajstić information content (AvgIpc) is 3.98. The van der Waals surface area contributed by atoms with E-state index in [9.17, 15) is 0 Å². The molecule has 0 amide bonds. The second-order valence-electron chi connectivity index (χ2n) is 10.2. The minimum Gasteiger partial charge on any atom is -0.373 e. The molecular formula is C34H20N19Na. The van der Waals surface area contributed by atoms with Crippen LogP contribution in [-0.2, 0) is 0 Å². The topological polar surface area (TPSA) is 293 Å². The van der Waals surface area contributed by atoms with Crippen LogP contribution in [0.1, 0.15) is 11.4 Å². The molecule has 0 spiro atoms. The Morgan fingerprint density at radius 3 is 0.963 bits per heavy atom. The van der Waals surface area contributed by atoms with Gasteiger partial charge in [-0.3, -0.25) is 4.91 Å². The Morgan fingerprint density at radius 2 is 0.685 bits per heavy atom. The molecule has 8 aromatic rings. The second kappa shape index (κ2) is 18.5. The Morgan fingerprint density at radius 1 is 0.426 bits per heavy atom. The van der Waals surface area contributed by atoms with Gasteiger partial charge in [-0.05, 0) is 83.2 Å². The summed E-state index contributed by atoms with van der Waals surface area (Å²) >= 11 is 0. The minimum atomic E-state index is 0. The SMILES string of the molecule is N#Cc1cccc(-c2cccc(-c3cccc(C#N)n3)n2)n1.[N-]=[N+]=[N-].[Na+].c1cc(-c2cccc(-c3nn[nH]n3)n2)nc(-c2cccc(-c3nn[nH]n3)n2)c1. The summed E-state index contributed by atoms with van der Waals surface area (Å²) < 4.78 is 0. The first kappa shape index (κ1) is 37.6. The van der Waals surface area contributed by atoms with Gasteiger partial charge in [0.1, 0.15) is 34.9 Å². The van der Waals surface area contributed by atoms with Gasteiger partial charge in [0, 0.05) is 0 Å². The van der Waals surface area contributed by atoms with Crippen molar-refractivity contribution in [2.24, 2.45) is 0 Å². The van der Waals surface area contributed by atoms with Crippen LogP contribution in [0.15, 0.2) is 109 Å². The predicted octanol–water partition coefficient (Wildman–Crippen LogP) is 2.38. The number of nitriles is 2. The first-order valence-corrected chi connectivity index (χ1v) is 15.2. The van der Waals surface area contributed by atoms with Crippen LogP contribution in [0.2, 0.25) is 0 Å². The van der Waals surface area contributed by atoms with Gasteiger partial charge in [0.25, 0.3) is 0 Å². The van der Waals surface area contributed by atoms with Crippen LogP contribution in [0.3, 0.4) is 0 Å². The van der Waals surface area contributed by atoms with E-state index in [1.807, 2.05) is 84.9 Å². The number of hydrogen-bond acceptors (Lipinski definition) is 14. The molecule has 8 aromatic heterocycles. The number of rotatable bonds is 6. The van der Waals surface area contributed by atoms with Gasteiger partial charge in [-0.2, -0.15) is 21.0 Å². The summed E-state index contributed by atoms with van der Waals surface area (Å²) in [5.41, 5.74) is 20.7. The molecule has 0 unspecified atom stereocenters. The van der Waals surface area contributed by atoms with Gasteiger partial charge in [-0.25, -0.2) is 29.9 Å². The van der Waals surface area contributed by atoms with E-state index >= 15 is 0 Å². The molecule has 0 aliphatic rings. The van der Waals surface area contributed by atoms with E-state index in [2.05, 4.69) is 66.2 Å². The predicted molar refractivity (Wildman–Crippen MR) is 187 cm³/mol. The number of hydrogen-bond donors (Lipinski definition) is 2. The molecule has 0 fully saturated rings. The molecule has 8 heterocycles. The third-order valence-corrected chi connectivity index (χ3v) is 6.92. The van der Waals surface area contributed by atoms with Crippen LogP contribution in [0.4, 0.5) is 0 Å². The summed E-state index contributed by atoms with van der Waals surface area (Å²) in [6.45, 7) is 0. The summed E-state index contributed by atoms with van der Waals surface area (Å²) in [4.78, 5) is 28.3. The third kappa shape index (κ3) is 9.35. The summed E-state index contributed by atoms with van der Waals surface area (Å²) in [7, 11) is 0. The number of aromatic amines is 2. The van der Waals surface area contributed by atoms with E-state index in [0.29, 0.717) is 80.0 Å². The molecule has 252 valence electrons. The van der Waals surface area contributed by atoms with Crippen LogP contribution in [0.25, 0.3) is 84.6 Å². The largest absolute Gasteiger partial charge is 1.00 e. The molecule has 2 N–H and O–H groups in total. The van der Waals surface area contributed by atoms with E-state index in [1.165, 1.54) is 4.91 Å². The van der Waals surface area contributed by atoms with Crippen molar-refractivity contribution in [3.63, 3.8) is 0 Å². The molecule has 0 aromatic carbocycles.